The first-order chi connectivity index (χ1) is 15.3. The van der Waals surface area contributed by atoms with Gasteiger partial charge in [-0.05, 0) is 51.3 Å². The van der Waals surface area contributed by atoms with E-state index < -0.39 is 11.9 Å². The van der Waals surface area contributed by atoms with Gasteiger partial charge in [-0.15, -0.1) is 0 Å². The predicted molar refractivity (Wildman–Crippen MR) is 117 cm³/mol. The minimum atomic E-state index is -0.922. The van der Waals surface area contributed by atoms with E-state index in [9.17, 15) is 14.0 Å². The average molecular weight is 445 g/mol. The van der Waals surface area contributed by atoms with Crippen molar-refractivity contribution in [2.45, 2.75) is 33.2 Å². The van der Waals surface area contributed by atoms with Gasteiger partial charge in [-0.1, -0.05) is 0 Å². The molecule has 1 fully saturated rings. The largest absolute Gasteiger partial charge is 0.465 e. The lowest BCUT2D eigenvalue weighted by Gasteiger charge is -2.26. The number of hydrogen-bond donors (Lipinski definition) is 2. The molecule has 1 saturated heterocycles. The molecule has 10 heteroatoms. The number of halogens is 1. The van der Waals surface area contributed by atoms with Crippen molar-refractivity contribution in [3.63, 3.8) is 0 Å². The number of benzene rings is 1. The van der Waals surface area contributed by atoms with Gasteiger partial charge in [0.2, 0.25) is 0 Å². The van der Waals surface area contributed by atoms with E-state index in [2.05, 4.69) is 15.3 Å². The van der Waals surface area contributed by atoms with Gasteiger partial charge in [-0.25, -0.2) is 19.2 Å². The lowest BCUT2D eigenvalue weighted by molar-refractivity contribution is 0.0713. The maximum absolute atomic E-state index is 14.0. The molecule has 0 bridgehead atoms. The van der Waals surface area contributed by atoms with E-state index in [0.29, 0.717) is 32.0 Å². The zero-order valence-corrected chi connectivity index (χ0v) is 18.4. The smallest absolute Gasteiger partial charge is 0.407 e. The molecule has 172 valence electrons. The van der Waals surface area contributed by atoms with Crippen molar-refractivity contribution in [2.75, 3.05) is 31.5 Å². The quantitative estimate of drug-likeness (QED) is 0.638. The summed E-state index contributed by atoms with van der Waals surface area (Å²) >= 11 is 0. The molecule has 1 aliphatic rings. The Morgan fingerprint density at radius 1 is 1.38 bits per heavy atom. The number of carboxylic acid groups (broad SMARTS) is 1. The molecule has 9 nitrogen and oxygen atoms in total. The van der Waals surface area contributed by atoms with Crippen LogP contribution in [0, 0.1) is 11.7 Å². The van der Waals surface area contributed by atoms with Crippen molar-refractivity contribution in [3.8, 4) is 11.5 Å². The van der Waals surface area contributed by atoms with E-state index in [1.165, 1.54) is 35.6 Å². The number of rotatable bonds is 8. The van der Waals surface area contributed by atoms with E-state index in [4.69, 9.17) is 9.84 Å². The minimum Gasteiger partial charge on any atom is -0.465 e. The zero-order chi connectivity index (χ0) is 23.3. The first kappa shape index (κ1) is 23.2. The topological polar surface area (TPSA) is 108 Å². The molecular weight excluding hydrogens is 417 g/mol. The van der Waals surface area contributed by atoms with Crippen LogP contribution in [0.1, 0.15) is 37.6 Å². The molecule has 2 aromatic rings. The maximum atomic E-state index is 14.0. The highest BCUT2D eigenvalue weighted by molar-refractivity contribution is 5.97. The van der Waals surface area contributed by atoms with Crippen LogP contribution in [0.15, 0.2) is 30.7 Å². The Morgan fingerprint density at radius 3 is 2.81 bits per heavy atom. The molecule has 2 N–H and O–H groups in total. The number of anilines is 1. The summed E-state index contributed by atoms with van der Waals surface area (Å²) in [5.74, 6) is 0.171. The van der Waals surface area contributed by atoms with Gasteiger partial charge in [-0.3, -0.25) is 4.79 Å². The van der Waals surface area contributed by atoms with Crippen molar-refractivity contribution < 1.29 is 23.8 Å². The van der Waals surface area contributed by atoms with Gasteiger partial charge >= 0.3 is 6.09 Å². The molecule has 32 heavy (non-hydrogen) atoms. The minimum absolute atomic E-state index is 0.0577. The highest BCUT2D eigenvalue weighted by atomic mass is 19.1. The molecule has 0 unspecified atom stereocenters. The van der Waals surface area contributed by atoms with E-state index in [-0.39, 0.29) is 34.9 Å². The van der Waals surface area contributed by atoms with Crippen LogP contribution in [0.5, 0.6) is 11.5 Å². The van der Waals surface area contributed by atoms with Crippen LogP contribution in [0.3, 0.4) is 0 Å². The lowest BCUT2D eigenvalue weighted by atomic mass is 10.1. The molecule has 0 spiro atoms. The number of likely N-dealkylation sites (tertiary alicyclic amines) is 1. The first-order valence-electron chi connectivity index (χ1n) is 10.6. The fourth-order valence-corrected chi connectivity index (χ4v) is 3.71. The van der Waals surface area contributed by atoms with E-state index >= 15 is 0 Å². The zero-order valence-electron chi connectivity index (χ0n) is 18.4. The Labute approximate surface area is 186 Å². The van der Waals surface area contributed by atoms with Gasteiger partial charge in [0.1, 0.15) is 17.9 Å². The molecule has 0 radical (unpaired) electrons. The van der Waals surface area contributed by atoms with Crippen molar-refractivity contribution >= 4 is 17.8 Å². The monoisotopic (exact) mass is 445 g/mol. The van der Waals surface area contributed by atoms with Gasteiger partial charge in [0, 0.05) is 32.2 Å². The van der Waals surface area contributed by atoms with Crippen LogP contribution in [-0.2, 0) is 0 Å². The third-order valence-electron chi connectivity index (χ3n) is 5.41. The number of carbonyl (C=O) groups is 2. The standard InChI is InChI=1S/C22H28FN5O4/c1-4-28(14(2)3)21(29)17-9-16(23)5-6-18(17)32-19-11-24-13-26-20(19)25-10-15-7-8-27(12-15)22(30)31/h5-6,9,11,13-15H,4,7-8,10,12H2,1-3H3,(H,30,31)(H,24,25,26)/t15-/m0/s1. The van der Waals surface area contributed by atoms with Gasteiger partial charge in [-0.2, -0.15) is 0 Å². The van der Waals surface area contributed by atoms with Gasteiger partial charge in [0.25, 0.3) is 5.91 Å². The molecule has 0 aliphatic carbocycles. The summed E-state index contributed by atoms with van der Waals surface area (Å²) in [6, 6.07) is 3.75. The Balaban J connectivity index is 1.78. The number of ether oxygens (including phenoxy) is 1. The third kappa shape index (κ3) is 5.43. The number of hydrogen-bond acceptors (Lipinski definition) is 6. The molecule has 1 aromatic carbocycles. The Morgan fingerprint density at radius 2 is 2.16 bits per heavy atom. The number of nitrogens with one attached hydrogen (secondary N) is 1. The predicted octanol–water partition coefficient (Wildman–Crippen LogP) is 3.69. The van der Waals surface area contributed by atoms with E-state index in [1.807, 2.05) is 20.8 Å². The van der Waals surface area contributed by atoms with Crippen LogP contribution >= 0.6 is 0 Å². The fourth-order valence-electron chi connectivity index (χ4n) is 3.71. The Hall–Kier alpha value is -3.43. The summed E-state index contributed by atoms with van der Waals surface area (Å²) in [7, 11) is 0. The van der Waals surface area contributed by atoms with Crippen LogP contribution in [0.4, 0.5) is 15.0 Å². The average Bonchev–Trinajstić information content (AvgIpc) is 3.24. The summed E-state index contributed by atoms with van der Waals surface area (Å²) in [4.78, 5) is 35.4. The van der Waals surface area contributed by atoms with E-state index in [0.717, 1.165) is 6.42 Å². The molecule has 1 aliphatic heterocycles. The molecule has 1 atom stereocenters. The highest BCUT2D eigenvalue weighted by Crippen LogP contribution is 2.31. The Bertz CT molecular complexity index is 971. The van der Waals surface area contributed by atoms with Crippen molar-refractivity contribution in [3.05, 3.63) is 42.1 Å². The van der Waals surface area contributed by atoms with Crippen LogP contribution in [-0.4, -0.2) is 69.1 Å². The van der Waals surface area contributed by atoms with Crippen molar-refractivity contribution in [1.29, 1.82) is 0 Å². The lowest BCUT2D eigenvalue weighted by Crippen LogP contribution is -2.36. The van der Waals surface area contributed by atoms with Gasteiger partial charge in [0.15, 0.2) is 11.6 Å². The van der Waals surface area contributed by atoms with Crippen molar-refractivity contribution in [2.24, 2.45) is 5.92 Å². The third-order valence-corrected chi connectivity index (χ3v) is 5.41. The molecule has 0 saturated carbocycles. The summed E-state index contributed by atoms with van der Waals surface area (Å²) in [5.41, 5.74) is 0.114. The van der Waals surface area contributed by atoms with Crippen LogP contribution in [0.25, 0.3) is 0 Å². The number of nitrogens with zero attached hydrogens (tertiary/aromatic N) is 4. The summed E-state index contributed by atoms with van der Waals surface area (Å²) in [6.45, 7) is 7.57. The fraction of sp³-hybridized carbons (Fsp3) is 0.455. The maximum Gasteiger partial charge on any atom is 0.407 e. The van der Waals surface area contributed by atoms with Gasteiger partial charge in [0.05, 0.1) is 11.8 Å². The number of amides is 2. The summed E-state index contributed by atoms with van der Waals surface area (Å²) in [5, 5.41) is 12.3. The molecule has 1 aromatic heterocycles. The second kappa shape index (κ2) is 10.3. The Kier molecular flexibility index (Phi) is 7.45. The molecule has 3 rings (SSSR count). The SMILES string of the molecule is CCN(C(=O)c1cc(F)ccc1Oc1cncnc1NC[C@@H]1CCN(C(=O)O)C1)C(C)C. The first-order valence-corrected chi connectivity index (χ1v) is 10.6. The molecular formula is C22H28FN5O4. The molecule has 2 heterocycles. The number of carbonyl (C=O) groups excluding carboxylic acids is 1. The second-order valence-corrected chi connectivity index (χ2v) is 7.93. The van der Waals surface area contributed by atoms with E-state index in [1.54, 1.807) is 4.90 Å². The second-order valence-electron chi connectivity index (χ2n) is 7.93. The summed E-state index contributed by atoms with van der Waals surface area (Å²) in [6.07, 6.45) is 2.65. The van der Waals surface area contributed by atoms with Gasteiger partial charge < -0.3 is 25.0 Å². The van der Waals surface area contributed by atoms with Crippen LogP contribution < -0.4 is 10.1 Å². The summed E-state index contributed by atoms with van der Waals surface area (Å²) < 4.78 is 19.9. The van der Waals surface area contributed by atoms with Crippen LogP contribution in [0.2, 0.25) is 0 Å². The highest BCUT2D eigenvalue weighted by Gasteiger charge is 2.26. The normalized spacial score (nSPS) is 15.7. The van der Waals surface area contributed by atoms with Crippen molar-refractivity contribution in [1.82, 2.24) is 19.8 Å². The molecule has 2 amide bonds. The number of aromatic nitrogens is 2.